The number of halogens is 4. The number of benzene rings is 3. The molecule has 4 rings (SSSR count). The van der Waals surface area contributed by atoms with Gasteiger partial charge in [-0.1, -0.05) is 33.6 Å². The smallest absolute Gasteiger partial charge is 0.265 e. The van der Waals surface area contributed by atoms with Crippen molar-refractivity contribution in [2.24, 2.45) is 0 Å². The first kappa shape index (κ1) is 21.5. The molecule has 4 bridgehead atoms. The first-order valence-corrected chi connectivity index (χ1v) is 11.3. The number of carbonyl (C=O) groups excluding carboxylic acids is 1. The van der Waals surface area contributed by atoms with E-state index in [1.54, 1.807) is 18.2 Å². The number of carbonyl (C=O) groups is 1. The van der Waals surface area contributed by atoms with Crippen LogP contribution in [0.1, 0.15) is 15.9 Å². The van der Waals surface area contributed by atoms with Crippen LogP contribution in [0.5, 0.6) is 5.75 Å². The zero-order chi connectivity index (χ0) is 22.5. The van der Waals surface area contributed by atoms with Gasteiger partial charge in [0.15, 0.2) is 5.75 Å². The van der Waals surface area contributed by atoms with E-state index in [0.29, 0.717) is 21.7 Å². The van der Waals surface area contributed by atoms with Gasteiger partial charge in [0.1, 0.15) is 16.5 Å². The summed E-state index contributed by atoms with van der Waals surface area (Å²) in [6.07, 6.45) is 0. The van der Waals surface area contributed by atoms with Gasteiger partial charge in [-0.05, 0) is 41.5 Å². The lowest BCUT2D eigenvalue weighted by Crippen LogP contribution is -2.23. The molecule has 11 heteroatoms. The van der Waals surface area contributed by atoms with Crippen molar-refractivity contribution in [2.75, 3.05) is 4.72 Å². The van der Waals surface area contributed by atoms with E-state index < -0.39 is 43.9 Å². The van der Waals surface area contributed by atoms with Crippen LogP contribution in [0.25, 0.3) is 11.1 Å². The lowest BCUT2D eigenvalue weighted by atomic mass is 9.98. The van der Waals surface area contributed by atoms with Crippen LogP contribution in [-0.2, 0) is 16.6 Å². The normalized spacial score (nSPS) is 14.9. The average molecular weight is 530 g/mol. The van der Waals surface area contributed by atoms with Gasteiger partial charge in [0.05, 0.1) is 10.7 Å². The average Bonchev–Trinajstić information content (AvgIpc) is 2.70. The first-order chi connectivity index (χ1) is 14.6. The molecule has 31 heavy (non-hydrogen) atoms. The van der Waals surface area contributed by atoms with Gasteiger partial charge in [0, 0.05) is 28.2 Å². The van der Waals surface area contributed by atoms with Crippen LogP contribution in [0, 0.1) is 11.6 Å². The SMILES string of the molecule is O=C1NCc2ccc(Br)cc2-c2cc(c(F)cc2F)NS(=O)(=O)c2cc1cc(Cl)c2O. The Morgan fingerprint density at radius 3 is 2.52 bits per heavy atom. The van der Waals surface area contributed by atoms with Crippen LogP contribution < -0.4 is 10.0 Å². The number of aromatic hydroxyl groups is 1. The van der Waals surface area contributed by atoms with Crippen molar-refractivity contribution in [2.45, 2.75) is 11.4 Å². The summed E-state index contributed by atoms with van der Waals surface area (Å²) in [5.41, 5.74) is 0.0544. The van der Waals surface area contributed by atoms with E-state index in [4.69, 9.17) is 11.6 Å². The Morgan fingerprint density at radius 1 is 1.03 bits per heavy atom. The highest BCUT2D eigenvalue weighted by molar-refractivity contribution is 9.10. The van der Waals surface area contributed by atoms with E-state index >= 15 is 0 Å². The van der Waals surface area contributed by atoms with E-state index in [0.717, 1.165) is 18.2 Å². The molecule has 1 aliphatic heterocycles. The minimum absolute atomic E-state index is 0.0401. The molecule has 0 atom stereocenters. The van der Waals surface area contributed by atoms with E-state index in [-0.39, 0.29) is 22.7 Å². The fourth-order valence-corrected chi connectivity index (χ4v) is 5.01. The number of phenolic OH excluding ortho intramolecular Hbond substituents is 1. The third-order valence-electron chi connectivity index (χ3n) is 4.68. The van der Waals surface area contributed by atoms with Crippen LogP contribution in [0.2, 0.25) is 5.02 Å². The maximum atomic E-state index is 14.7. The molecule has 1 aliphatic rings. The maximum absolute atomic E-state index is 14.7. The van der Waals surface area contributed by atoms with Gasteiger partial charge in [-0.25, -0.2) is 17.2 Å². The van der Waals surface area contributed by atoms with Crippen molar-refractivity contribution in [3.05, 3.63) is 74.7 Å². The molecule has 6 nitrogen and oxygen atoms in total. The highest BCUT2D eigenvalue weighted by Gasteiger charge is 2.26. The largest absolute Gasteiger partial charge is 0.505 e. The predicted octanol–water partition coefficient (Wildman–Crippen LogP) is 4.80. The molecular formula is C20H12BrClF2N2O4S. The highest BCUT2D eigenvalue weighted by atomic mass is 79.9. The summed E-state index contributed by atoms with van der Waals surface area (Å²) < 4.78 is 57.4. The summed E-state index contributed by atoms with van der Waals surface area (Å²) in [6, 6.07) is 8.48. The van der Waals surface area contributed by atoms with Gasteiger partial charge in [-0.15, -0.1) is 0 Å². The minimum Gasteiger partial charge on any atom is -0.505 e. The van der Waals surface area contributed by atoms with Crippen molar-refractivity contribution in [3.63, 3.8) is 0 Å². The summed E-state index contributed by atoms with van der Waals surface area (Å²) in [5.74, 6) is -3.57. The number of hydrogen-bond acceptors (Lipinski definition) is 4. The number of sulfonamides is 1. The lowest BCUT2D eigenvalue weighted by Gasteiger charge is -2.14. The van der Waals surface area contributed by atoms with Gasteiger partial charge < -0.3 is 10.4 Å². The van der Waals surface area contributed by atoms with Gasteiger partial charge in [-0.3, -0.25) is 9.52 Å². The molecule has 0 saturated heterocycles. The van der Waals surface area contributed by atoms with E-state index in [1.165, 1.54) is 0 Å². The van der Waals surface area contributed by atoms with Crippen molar-refractivity contribution in [3.8, 4) is 16.9 Å². The molecule has 160 valence electrons. The molecule has 0 unspecified atom stereocenters. The summed E-state index contributed by atoms with van der Waals surface area (Å²) >= 11 is 9.21. The van der Waals surface area contributed by atoms with Crippen LogP contribution in [-0.4, -0.2) is 19.4 Å². The molecule has 3 N–H and O–H groups in total. The van der Waals surface area contributed by atoms with Gasteiger partial charge in [-0.2, -0.15) is 0 Å². The monoisotopic (exact) mass is 528 g/mol. The molecule has 3 aromatic carbocycles. The standard InChI is InChI=1S/C20H12BrClF2N2O4S/c21-11-2-1-9-8-25-20(28)10-3-14(22)19(27)18(4-10)31(29,30)26-17-6-13(12(9)5-11)15(23)7-16(17)24/h1-7,26-27H,8H2,(H,25,28). The fraction of sp³-hybridized carbons (Fsp3) is 0.0500. The third-order valence-corrected chi connectivity index (χ3v) is 6.84. The second kappa shape index (κ2) is 7.77. The Balaban J connectivity index is 2.02. The van der Waals surface area contributed by atoms with Crippen LogP contribution in [0.3, 0.4) is 0 Å². The van der Waals surface area contributed by atoms with Gasteiger partial charge >= 0.3 is 0 Å². The second-order valence-electron chi connectivity index (χ2n) is 6.71. The summed E-state index contributed by atoms with van der Waals surface area (Å²) in [6.45, 7) is -0.0401. The number of nitrogens with one attached hydrogen (secondary N) is 2. The molecule has 0 saturated carbocycles. The van der Waals surface area contributed by atoms with Crippen LogP contribution in [0.4, 0.5) is 14.5 Å². The lowest BCUT2D eigenvalue weighted by molar-refractivity contribution is 0.0950. The van der Waals surface area contributed by atoms with Crippen LogP contribution >= 0.6 is 27.5 Å². The molecule has 0 fully saturated rings. The molecule has 3 aromatic rings. The third kappa shape index (κ3) is 3.98. The highest BCUT2D eigenvalue weighted by Crippen LogP contribution is 2.37. The Kier molecular flexibility index (Phi) is 5.40. The van der Waals surface area contributed by atoms with Gasteiger partial charge in [0.2, 0.25) is 0 Å². The number of rotatable bonds is 0. The molecule has 0 aromatic heterocycles. The van der Waals surface area contributed by atoms with E-state index in [9.17, 15) is 27.1 Å². The van der Waals surface area contributed by atoms with E-state index in [1.807, 2.05) is 4.72 Å². The number of amides is 1. The Labute approximate surface area is 189 Å². The van der Waals surface area contributed by atoms with Gasteiger partial charge in [0.25, 0.3) is 15.9 Å². The minimum atomic E-state index is -4.59. The molecule has 0 radical (unpaired) electrons. The summed E-state index contributed by atoms with van der Waals surface area (Å²) in [7, 11) is -4.59. The molecule has 1 amide bonds. The zero-order valence-electron chi connectivity index (χ0n) is 15.3. The molecule has 0 spiro atoms. The number of anilines is 1. The van der Waals surface area contributed by atoms with Crippen molar-refractivity contribution < 1.29 is 27.1 Å². The second-order valence-corrected chi connectivity index (χ2v) is 9.68. The number of hydrogen-bond donors (Lipinski definition) is 3. The Hall–Kier alpha value is -2.69. The van der Waals surface area contributed by atoms with Crippen molar-refractivity contribution >= 4 is 49.1 Å². The number of fused-ring (bicyclic) bond motifs is 6. The Bertz CT molecular complexity index is 1370. The predicted molar refractivity (Wildman–Crippen MR) is 115 cm³/mol. The maximum Gasteiger partial charge on any atom is 0.265 e. The van der Waals surface area contributed by atoms with Crippen molar-refractivity contribution in [1.82, 2.24) is 5.32 Å². The zero-order valence-corrected chi connectivity index (χ0v) is 18.5. The molecule has 0 aliphatic carbocycles. The molecule has 1 heterocycles. The summed E-state index contributed by atoms with van der Waals surface area (Å²) in [4.78, 5) is 11.9. The molecular weight excluding hydrogens is 518 g/mol. The van der Waals surface area contributed by atoms with Crippen molar-refractivity contribution in [1.29, 1.82) is 0 Å². The summed E-state index contributed by atoms with van der Waals surface area (Å²) in [5, 5.41) is 12.4. The van der Waals surface area contributed by atoms with Crippen LogP contribution in [0.15, 0.2) is 51.8 Å². The van der Waals surface area contributed by atoms with E-state index in [2.05, 4.69) is 21.2 Å². The first-order valence-electron chi connectivity index (χ1n) is 8.68. The fourth-order valence-electron chi connectivity index (χ4n) is 3.17. The Morgan fingerprint density at radius 2 is 1.77 bits per heavy atom. The number of phenols is 1. The topological polar surface area (TPSA) is 95.5 Å². The quantitative estimate of drug-likeness (QED) is 0.390.